The molecule has 5 heteroatoms. The number of rotatable bonds is 8. The molecule has 0 bridgehead atoms. The van der Waals surface area contributed by atoms with E-state index in [1.165, 1.54) is 0 Å². The minimum absolute atomic E-state index is 0.0147. The Bertz CT molecular complexity index is 333. The Hall–Kier alpha value is -0.420. The van der Waals surface area contributed by atoms with Crippen LogP contribution in [-0.4, -0.2) is 31.7 Å². The summed E-state index contributed by atoms with van der Waals surface area (Å²) in [5.74, 6) is 0.640. The molecule has 0 saturated heterocycles. The van der Waals surface area contributed by atoms with Crippen LogP contribution in [0.1, 0.15) is 39.0 Å². The fraction of sp³-hybridized carbons (Fsp3) is 0.909. The Morgan fingerprint density at radius 1 is 1.38 bits per heavy atom. The predicted molar refractivity (Wildman–Crippen MR) is 63.9 cm³/mol. The first-order chi connectivity index (χ1) is 7.44. The monoisotopic (exact) mass is 247 g/mol. The molecule has 0 aliphatic heterocycles. The van der Waals surface area contributed by atoms with Gasteiger partial charge in [0.2, 0.25) is 0 Å². The highest BCUT2D eigenvalue weighted by molar-refractivity contribution is 7.91. The summed E-state index contributed by atoms with van der Waals surface area (Å²) in [5, 5.41) is 0. The van der Waals surface area contributed by atoms with E-state index in [9.17, 15) is 13.2 Å². The van der Waals surface area contributed by atoms with Crippen LogP contribution in [0.25, 0.3) is 0 Å². The highest BCUT2D eigenvalue weighted by atomic mass is 32.2. The summed E-state index contributed by atoms with van der Waals surface area (Å²) < 4.78 is 22.8. The Labute approximate surface area is 97.5 Å². The molecule has 0 spiro atoms. The van der Waals surface area contributed by atoms with Gasteiger partial charge in [-0.05, 0) is 25.2 Å². The van der Waals surface area contributed by atoms with Crippen molar-refractivity contribution in [3.8, 4) is 0 Å². The summed E-state index contributed by atoms with van der Waals surface area (Å²) in [6.07, 6.45) is 3.30. The maximum Gasteiger partial charge on any atom is 0.150 e. The molecule has 0 aromatic carbocycles. The number of hydrogen-bond donors (Lipinski definition) is 1. The minimum atomic E-state index is -3.03. The van der Waals surface area contributed by atoms with Crippen LogP contribution in [0.2, 0.25) is 0 Å². The summed E-state index contributed by atoms with van der Waals surface area (Å²) in [6.45, 7) is 1.82. The number of carbonyl (C=O) groups is 1. The first kappa shape index (κ1) is 13.6. The van der Waals surface area contributed by atoms with Gasteiger partial charge in [-0.2, -0.15) is 0 Å². The molecule has 4 nitrogen and oxygen atoms in total. The lowest BCUT2D eigenvalue weighted by atomic mass is 10.1. The Morgan fingerprint density at radius 3 is 2.50 bits per heavy atom. The molecule has 0 aromatic heterocycles. The van der Waals surface area contributed by atoms with E-state index < -0.39 is 9.84 Å². The van der Waals surface area contributed by atoms with Gasteiger partial charge in [0.05, 0.1) is 5.75 Å². The lowest BCUT2D eigenvalue weighted by Crippen LogP contribution is -2.27. The van der Waals surface area contributed by atoms with Crippen molar-refractivity contribution in [1.29, 1.82) is 0 Å². The van der Waals surface area contributed by atoms with Crippen molar-refractivity contribution in [3.05, 3.63) is 0 Å². The number of Topliss-reactive ketones (excluding diaryl/α,β-unsaturated/α-hetero) is 1. The van der Waals surface area contributed by atoms with Gasteiger partial charge in [0, 0.05) is 24.6 Å². The fourth-order valence-electron chi connectivity index (χ4n) is 1.74. The molecule has 1 unspecified atom stereocenters. The molecule has 1 rings (SSSR count). The van der Waals surface area contributed by atoms with E-state index in [4.69, 9.17) is 5.73 Å². The summed E-state index contributed by atoms with van der Waals surface area (Å²) in [5.41, 5.74) is 5.81. The van der Waals surface area contributed by atoms with Gasteiger partial charge in [0.1, 0.15) is 5.78 Å². The summed E-state index contributed by atoms with van der Waals surface area (Å²) >= 11 is 0. The average Bonchev–Trinajstić information content (AvgIpc) is 2.98. The zero-order valence-electron chi connectivity index (χ0n) is 9.81. The van der Waals surface area contributed by atoms with Gasteiger partial charge in [-0.25, -0.2) is 8.42 Å². The summed E-state index contributed by atoms with van der Waals surface area (Å²) in [4.78, 5) is 11.5. The zero-order valence-corrected chi connectivity index (χ0v) is 10.6. The summed E-state index contributed by atoms with van der Waals surface area (Å²) in [7, 11) is -3.03. The third-order valence-electron chi connectivity index (χ3n) is 2.90. The lowest BCUT2D eigenvalue weighted by Gasteiger charge is -2.08. The second-order valence-corrected chi connectivity index (χ2v) is 6.95. The molecule has 0 amide bonds. The third kappa shape index (κ3) is 5.07. The van der Waals surface area contributed by atoms with Crippen molar-refractivity contribution < 1.29 is 13.2 Å². The second kappa shape index (κ2) is 5.77. The van der Waals surface area contributed by atoms with Crippen LogP contribution in [0.15, 0.2) is 0 Å². The van der Waals surface area contributed by atoms with Gasteiger partial charge in [-0.1, -0.05) is 6.92 Å². The number of hydrogen-bond acceptors (Lipinski definition) is 4. The van der Waals surface area contributed by atoms with Crippen LogP contribution >= 0.6 is 0 Å². The topological polar surface area (TPSA) is 77.2 Å². The smallest absolute Gasteiger partial charge is 0.150 e. The Morgan fingerprint density at radius 2 is 2.00 bits per heavy atom. The Kier molecular flexibility index (Phi) is 4.92. The van der Waals surface area contributed by atoms with Gasteiger partial charge in [0.25, 0.3) is 0 Å². The normalized spacial score (nSPS) is 18.4. The largest absolute Gasteiger partial charge is 0.327 e. The van der Waals surface area contributed by atoms with Gasteiger partial charge in [-0.15, -0.1) is 0 Å². The van der Waals surface area contributed by atoms with E-state index in [0.717, 1.165) is 12.8 Å². The standard InChI is InChI=1S/C11H21NO3S/c1-2-6-16(14,15)7-5-10(13)8-11(12)9-3-4-9/h9,11H,2-8,12H2,1H3. The molecule has 2 N–H and O–H groups in total. The maximum atomic E-state index is 11.5. The van der Waals surface area contributed by atoms with Gasteiger partial charge in [-0.3, -0.25) is 4.79 Å². The molecule has 1 saturated carbocycles. The van der Waals surface area contributed by atoms with Crippen LogP contribution in [0.5, 0.6) is 0 Å². The van der Waals surface area contributed by atoms with Crippen molar-refractivity contribution in [3.63, 3.8) is 0 Å². The fourth-order valence-corrected chi connectivity index (χ4v) is 3.10. The highest BCUT2D eigenvalue weighted by Crippen LogP contribution is 2.32. The molecule has 0 aromatic rings. The van der Waals surface area contributed by atoms with E-state index in [1.807, 2.05) is 6.92 Å². The summed E-state index contributed by atoms with van der Waals surface area (Å²) in [6, 6.07) is -0.0543. The van der Waals surface area contributed by atoms with E-state index in [2.05, 4.69) is 0 Å². The van der Waals surface area contributed by atoms with Gasteiger partial charge < -0.3 is 5.73 Å². The Balaban J connectivity index is 2.23. The molecule has 16 heavy (non-hydrogen) atoms. The quantitative estimate of drug-likeness (QED) is 0.691. The molecular formula is C11H21NO3S. The third-order valence-corrected chi connectivity index (χ3v) is 4.75. The molecule has 1 fully saturated rings. The van der Waals surface area contributed by atoms with Crippen LogP contribution in [0.3, 0.4) is 0 Å². The van der Waals surface area contributed by atoms with Gasteiger partial charge in [0.15, 0.2) is 9.84 Å². The van der Waals surface area contributed by atoms with Crippen molar-refractivity contribution in [1.82, 2.24) is 0 Å². The molecule has 0 radical (unpaired) electrons. The molecule has 1 aliphatic rings. The maximum absolute atomic E-state index is 11.5. The van der Waals surface area contributed by atoms with Gasteiger partial charge >= 0.3 is 0 Å². The van der Waals surface area contributed by atoms with E-state index in [0.29, 0.717) is 18.8 Å². The van der Waals surface area contributed by atoms with Crippen LogP contribution < -0.4 is 5.73 Å². The van der Waals surface area contributed by atoms with E-state index in [-0.39, 0.29) is 29.8 Å². The average molecular weight is 247 g/mol. The number of sulfone groups is 1. The zero-order chi connectivity index (χ0) is 12.2. The molecule has 0 heterocycles. The first-order valence-electron chi connectivity index (χ1n) is 5.92. The van der Waals surface area contributed by atoms with E-state index in [1.54, 1.807) is 0 Å². The SMILES string of the molecule is CCCS(=O)(=O)CCC(=O)CC(N)C1CC1. The lowest BCUT2D eigenvalue weighted by molar-refractivity contribution is -0.119. The number of carbonyl (C=O) groups excluding carboxylic acids is 1. The van der Waals surface area contributed by atoms with Crippen molar-refractivity contribution in [2.45, 2.75) is 45.1 Å². The number of nitrogens with two attached hydrogens (primary N) is 1. The second-order valence-electron chi connectivity index (χ2n) is 4.65. The van der Waals surface area contributed by atoms with E-state index >= 15 is 0 Å². The van der Waals surface area contributed by atoms with Crippen molar-refractivity contribution in [2.24, 2.45) is 11.7 Å². The molecular weight excluding hydrogens is 226 g/mol. The van der Waals surface area contributed by atoms with Crippen LogP contribution in [0.4, 0.5) is 0 Å². The molecule has 1 atom stereocenters. The first-order valence-corrected chi connectivity index (χ1v) is 7.74. The molecule has 94 valence electrons. The van der Waals surface area contributed by atoms with Crippen molar-refractivity contribution >= 4 is 15.6 Å². The molecule has 1 aliphatic carbocycles. The minimum Gasteiger partial charge on any atom is -0.327 e. The highest BCUT2D eigenvalue weighted by Gasteiger charge is 2.29. The van der Waals surface area contributed by atoms with Crippen LogP contribution in [0, 0.1) is 5.92 Å². The van der Waals surface area contributed by atoms with Crippen LogP contribution in [-0.2, 0) is 14.6 Å². The number of ketones is 1. The van der Waals surface area contributed by atoms with Crippen molar-refractivity contribution in [2.75, 3.05) is 11.5 Å². The predicted octanol–water partition coefficient (Wildman–Crippen LogP) is 0.898.